The van der Waals surface area contributed by atoms with Gasteiger partial charge in [-0.25, -0.2) is 0 Å². The van der Waals surface area contributed by atoms with Crippen molar-refractivity contribution in [2.75, 3.05) is 33.4 Å². The molecule has 0 bridgehead atoms. The fourth-order valence-corrected chi connectivity index (χ4v) is 10.2. The maximum atomic E-state index is 7.37. The van der Waals surface area contributed by atoms with Crippen LogP contribution in [-0.4, -0.2) is 61.0 Å². The van der Waals surface area contributed by atoms with Crippen LogP contribution in [0.4, 0.5) is 0 Å². The highest BCUT2D eigenvalue weighted by molar-refractivity contribution is 6.74. The van der Waals surface area contributed by atoms with Gasteiger partial charge in [0.15, 0.2) is 16.6 Å². The molecule has 6 heteroatoms. The molecule has 0 unspecified atom stereocenters. The summed E-state index contributed by atoms with van der Waals surface area (Å²) in [5.74, 6) is 0.969. The van der Waals surface area contributed by atoms with Gasteiger partial charge >= 0.3 is 0 Å². The summed E-state index contributed by atoms with van der Waals surface area (Å²) in [6, 6.07) is 14.2. The summed E-state index contributed by atoms with van der Waals surface area (Å²) in [5, 5.41) is 0.267. The maximum absolute atomic E-state index is 7.37. The third-order valence-electron chi connectivity index (χ3n) is 9.82. The Hall–Kier alpha value is -0.506. The first-order valence-electron chi connectivity index (χ1n) is 15.8. The highest BCUT2D eigenvalue weighted by Gasteiger charge is 2.46. The maximum Gasteiger partial charge on any atom is 0.192 e. The van der Waals surface area contributed by atoms with Crippen molar-refractivity contribution in [2.24, 2.45) is 17.3 Å². The van der Waals surface area contributed by atoms with Gasteiger partial charge in [-0.1, -0.05) is 85.7 Å². The zero-order chi connectivity index (χ0) is 29.3. The smallest absolute Gasteiger partial charge is 0.192 e. The van der Waals surface area contributed by atoms with E-state index in [0.29, 0.717) is 23.9 Å². The van der Waals surface area contributed by atoms with Crippen molar-refractivity contribution >= 4 is 16.6 Å². The number of benzene rings is 1. The lowest BCUT2D eigenvalue weighted by Gasteiger charge is -2.49. The van der Waals surface area contributed by atoms with Crippen molar-refractivity contribution in [3.8, 4) is 0 Å². The molecular weight excluding hydrogens is 515 g/mol. The van der Waals surface area contributed by atoms with E-state index in [1.165, 1.54) is 36.5 Å². The van der Waals surface area contributed by atoms with E-state index in [-0.39, 0.29) is 11.1 Å². The Bertz CT molecular complexity index is 812. The topological polar surface area (TPSA) is 30.9 Å². The minimum Gasteiger partial charge on any atom is -0.417 e. The molecule has 1 aromatic carbocycles. The molecule has 0 N–H and O–H groups in total. The molecule has 1 aliphatic carbocycles. The zero-order valence-corrected chi connectivity index (χ0v) is 29.6. The van der Waals surface area contributed by atoms with Crippen molar-refractivity contribution < 1.29 is 13.6 Å². The van der Waals surface area contributed by atoms with Crippen LogP contribution in [-0.2, 0) is 20.2 Å². The lowest BCUT2D eigenvalue weighted by molar-refractivity contribution is -0.0639. The van der Waals surface area contributed by atoms with Gasteiger partial charge in [-0.2, -0.15) is 0 Å². The van der Waals surface area contributed by atoms with Gasteiger partial charge in [-0.3, -0.25) is 0 Å². The molecule has 0 aliphatic heterocycles. The van der Waals surface area contributed by atoms with Crippen LogP contribution in [0.15, 0.2) is 30.3 Å². The van der Waals surface area contributed by atoms with E-state index in [0.717, 1.165) is 32.7 Å². The molecule has 1 aromatic rings. The monoisotopic (exact) mass is 577 g/mol. The molecule has 0 aromatic heterocycles. The van der Waals surface area contributed by atoms with E-state index < -0.39 is 16.6 Å². The number of nitrogens with zero attached hydrogens (tertiary/aromatic N) is 1. The summed E-state index contributed by atoms with van der Waals surface area (Å²) in [7, 11) is -1.13. The van der Waals surface area contributed by atoms with Crippen LogP contribution in [0.1, 0.15) is 80.2 Å². The molecule has 1 saturated carbocycles. The van der Waals surface area contributed by atoms with Crippen molar-refractivity contribution in [1.29, 1.82) is 0 Å². The van der Waals surface area contributed by atoms with Crippen LogP contribution in [0.2, 0.25) is 36.3 Å². The molecule has 226 valence electrons. The van der Waals surface area contributed by atoms with Crippen molar-refractivity contribution in [2.45, 2.75) is 124 Å². The van der Waals surface area contributed by atoms with Gasteiger partial charge in [0.25, 0.3) is 0 Å². The van der Waals surface area contributed by atoms with E-state index in [9.17, 15) is 0 Å². The lowest BCUT2D eigenvalue weighted by atomic mass is 9.66. The van der Waals surface area contributed by atoms with Gasteiger partial charge in [-0.15, -0.1) is 0 Å². The quantitative estimate of drug-likeness (QED) is 0.145. The number of hydrogen-bond acceptors (Lipinski definition) is 4. The van der Waals surface area contributed by atoms with E-state index >= 15 is 0 Å². The van der Waals surface area contributed by atoms with Crippen LogP contribution < -0.4 is 0 Å². The van der Waals surface area contributed by atoms with Crippen LogP contribution >= 0.6 is 0 Å². The van der Waals surface area contributed by atoms with Crippen LogP contribution in [0.25, 0.3) is 0 Å². The molecule has 0 saturated heterocycles. The molecule has 4 nitrogen and oxygen atoms in total. The van der Waals surface area contributed by atoms with Gasteiger partial charge in [0, 0.05) is 19.1 Å². The van der Waals surface area contributed by atoms with Crippen molar-refractivity contribution in [3.63, 3.8) is 0 Å². The Morgan fingerprint density at radius 3 is 2.10 bits per heavy atom. The molecule has 1 fully saturated rings. The van der Waals surface area contributed by atoms with Crippen LogP contribution in [0.3, 0.4) is 0 Å². The van der Waals surface area contributed by atoms with E-state index in [4.69, 9.17) is 13.6 Å². The Balaban J connectivity index is 2.11. The fraction of sp³-hybridized carbons (Fsp3) is 0.818. The summed E-state index contributed by atoms with van der Waals surface area (Å²) >= 11 is 0. The predicted molar refractivity (Wildman–Crippen MR) is 173 cm³/mol. The first kappa shape index (κ1) is 34.7. The van der Waals surface area contributed by atoms with E-state index in [1.807, 2.05) is 0 Å². The molecular formula is C33H63NO3Si2. The molecule has 0 amide bonds. The third kappa shape index (κ3) is 10.7. The number of hydrogen-bond donors (Lipinski definition) is 0. The molecule has 0 spiro atoms. The van der Waals surface area contributed by atoms with Crippen molar-refractivity contribution in [1.82, 2.24) is 4.90 Å². The van der Waals surface area contributed by atoms with Gasteiger partial charge in [0.1, 0.15) is 0 Å². The highest BCUT2D eigenvalue weighted by Crippen LogP contribution is 2.45. The molecule has 3 atom stereocenters. The standard InChI is InChI=1S/C33H63NO3Si2/c1-12-39(13-2,14-3)37-31-29(25-34(9)21-18-22-36-38(10,11)32(4,5)6)23-33(7,8)24-30(31)27-35-26-28-19-16-15-17-20-28/h15-17,19-20,29-31H,12-14,18,21-27H2,1-11H3/t29-,30+,31+/m0/s1. The molecule has 1 aliphatic rings. The minimum atomic E-state index is -1.75. The van der Waals surface area contributed by atoms with Crippen LogP contribution in [0.5, 0.6) is 0 Å². The summed E-state index contributed by atoms with van der Waals surface area (Å²) in [5.41, 5.74) is 1.55. The third-order valence-corrected chi connectivity index (χ3v) is 19.0. The molecule has 39 heavy (non-hydrogen) atoms. The normalized spacial score (nSPS) is 22.4. The minimum absolute atomic E-state index is 0.267. The van der Waals surface area contributed by atoms with Crippen molar-refractivity contribution in [3.05, 3.63) is 35.9 Å². The van der Waals surface area contributed by atoms with Gasteiger partial charge < -0.3 is 18.5 Å². The Kier molecular flexibility index (Phi) is 13.4. The Morgan fingerprint density at radius 1 is 0.949 bits per heavy atom. The summed E-state index contributed by atoms with van der Waals surface area (Å²) in [6.45, 7) is 28.2. The largest absolute Gasteiger partial charge is 0.417 e. The molecule has 2 rings (SSSR count). The molecule has 0 radical (unpaired) electrons. The number of ether oxygens (including phenoxy) is 1. The average molecular weight is 578 g/mol. The van der Waals surface area contributed by atoms with Gasteiger partial charge in [-0.05, 0) is 86.0 Å². The highest BCUT2D eigenvalue weighted by atomic mass is 28.4. The Morgan fingerprint density at radius 2 is 1.54 bits per heavy atom. The second kappa shape index (κ2) is 15.1. The van der Waals surface area contributed by atoms with Gasteiger partial charge in [0.05, 0.1) is 19.3 Å². The second-order valence-corrected chi connectivity index (χ2v) is 24.2. The van der Waals surface area contributed by atoms with E-state index in [2.05, 4.69) is 111 Å². The average Bonchev–Trinajstić information content (AvgIpc) is 2.86. The summed E-state index contributed by atoms with van der Waals surface area (Å²) in [4.78, 5) is 2.55. The van der Waals surface area contributed by atoms with Gasteiger partial charge in [0.2, 0.25) is 0 Å². The van der Waals surface area contributed by atoms with Crippen LogP contribution in [0, 0.1) is 17.3 Å². The first-order valence-corrected chi connectivity index (χ1v) is 21.2. The SMILES string of the molecule is CC[Si](CC)(CC)O[C@@H]1[C@H](CN(C)CCCO[Si](C)(C)C(C)(C)C)CC(C)(C)C[C@@H]1COCc1ccccc1. The van der Waals surface area contributed by atoms with E-state index in [1.54, 1.807) is 0 Å². The second-order valence-electron chi connectivity index (χ2n) is 14.6. The number of rotatable bonds is 16. The first-order chi connectivity index (χ1) is 18.2. The molecule has 0 heterocycles. The summed E-state index contributed by atoms with van der Waals surface area (Å²) in [6.07, 6.45) is 3.77. The predicted octanol–water partition coefficient (Wildman–Crippen LogP) is 8.99. The zero-order valence-electron chi connectivity index (χ0n) is 27.6. The lowest BCUT2D eigenvalue weighted by Crippen LogP contribution is -2.53. The fourth-order valence-electron chi connectivity index (χ4n) is 6.20. The Labute approximate surface area is 244 Å². The summed E-state index contributed by atoms with van der Waals surface area (Å²) < 4.78 is 20.2.